The molecule has 0 spiro atoms. The minimum absolute atomic E-state index is 0.0317. The van der Waals surface area contributed by atoms with Crippen LogP contribution in [0.5, 0.6) is 34.5 Å². The highest BCUT2D eigenvalue weighted by atomic mass is 16.5. The number of ketones is 2. The van der Waals surface area contributed by atoms with E-state index in [1.54, 1.807) is 0 Å². The summed E-state index contributed by atoms with van der Waals surface area (Å²) in [7, 11) is 10.3. The summed E-state index contributed by atoms with van der Waals surface area (Å²) in [4.78, 5) is 53.2. The summed E-state index contributed by atoms with van der Waals surface area (Å²) >= 11 is 0. The Morgan fingerprint density at radius 3 is 1.13 bits per heavy atom. The zero-order chi connectivity index (χ0) is 34.3. The minimum atomic E-state index is -1.38. The predicted molar refractivity (Wildman–Crippen MR) is 160 cm³/mol. The number of methoxy groups -OCH3 is 8. The van der Waals surface area contributed by atoms with Gasteiger partial charge in [0, 0.05) is 23.0 Å². The fourth-order valence-electron chi connectivity index (χ4n) is 5.39. The number of aliphatic hydroxyl groups excluding tert-OH is 2. The van der Waals surface area contributed by atoms with Crippen LogP contribution in [0.15, 0.2) is 46.9 Å². The van der Waals surface area contributed by atoms with Crippen LogP contribution in [0.3, 0.4) is 0 Å². The van der Waals surface area contributed by atoms with Gasteiger partial charge in [-0.25, -0.2) is 0 Å². The van der Waals surface area contributed by atoms with Gasteiger partial charge >= 0.3 is 11.9 Å². The van der Waals surface area contributed by atoms with Crippen LogP contribution < -0.4 is 28.4 Å². The molecule has 2 N–H and O–H groups in total. The van der Waals surface area contributed by atoms with Crippen molar-refractivity contribution in [3.8, 4) is 34.5 Å². The van der Waals surface area contributed by atoms with Crippen LogP contribution in [0, 0.1) is 0 Å². The molecular formula is C32H36O14. The molecule has 3 rings (SSSR count). The number of aliphatic hydroxyl groups is 2. The maximum atomic E-state index is 14.0. The van der Waals surface area contributed by atoms with Crippen molar-refractivity contribution >= 4 is 23.5 Å². The monoisotopic (exact) mass is 644 g/mol. The van der Waals surface area contributed by atoms with Crippen molar-refractivity contribution in [3.63, 3.8) is 0 Å². The third-order valence-corrected chi connectivity index (χ3v) is 7.54. The number of benzene rings is 2. The smallest absolute Gasteiger partial charge is 0.306 e. The van der Waals surface area contributed by atoms with Crippen LogP contribution >= 0.6 is 0 Å². The molecule has 46 heavy (non-hydrogen) atoms. The number of ether oxygens (including phenoxy) is 8. The molecule has 0 radical (unpaired) electrons. The molecule has 1 aliphatic carbocycles. The van der Waals surface area contributed by atoms with Gasteiger partial charge in [-0.15, -0.1) is 0 Å². The van der Waals surface area contributed by atoms with E-state index in [1.807, 2.05) is 0 Å². The van der Waals surface area contributed by atoms with Crippen LogP contribution in [0.2, 0.25) is 0 Å². The highest BCUT2D eigenvalue weighted by molar-refractivity contribution is 6.24. The molecule has 0 fully saturated rings. The average Bonchev–Trinajstić information content (AvgIpc) is 3.07. The van der Waals surface area contributed by atoms with Crippen molar-refractivity contribution in [1.29, 1.82) is 0 Å². The Balaban J connectivity index is 2.32. The van der Waals surface area contributed by atoms with Crippen LogP contribution in [0.4, 0.5) is 0 Å². The molecule has 0 amide bonds. The lowest BCUT2D eigenvalue weighted by Gasteiger charge is -2.29. The van der Waals surface area contributed by atoms with Crippen LogP contribution in [-0.4, -0.2) is 90.6 Å². The van der Waals surface area contributed by atoms with E-state index in [2.05, 4.69) is 0 Å². The van der Waals surface area contributed by atoms with Gasteiger partial charge in [-0.1, -0.05) is 12.1 Å². The lowest BCUT2D eigenvalue weighted by molar-refractivity contribution is -0.142. The normalized spacial score (nSPS) is 14.3. The van der Waals surface area contributed by atoms with Gasteiger partial charge < -0.3 is 48.1 Å². The zero-order valence-electron chi connectivity index (χ0n) is 26.7. The number of Topliss-reactive ketones (excluding diaryl/α,β-unsaturated/α-hetero) is 2. The Morgan fingerprint density at radius 2 is 0.870 bits per heavy atom. The number of carbonyl (C=O) groups is 4. The van der Waals surface area contributed by atoms with Crippen molar-refractivity contribution < 1.29 is 67.3 Å². The standard InChI is InChI=1S/C32H36O14/c1-39-19-11-9-15(29(43-5)31(19)45-7)17(13-21(33)41-3)23-25(35)27(37)24(28(38)26(23)36)18(14-22(34)42-4)16-10-12-20(40-2)32(46-8)30(16)44-6/h9-12,17-18,35,38H,13-14H2,1-8H3/t17-,18-/m0/s1. The summed E-state index contributed by atoms with van der Waals surface area (Å²) in [5, 5.41) is 22.8. The highest BCUT2D eigenvalue weighted by Crippen LogP contribution is 2.50. The Kier molecular flexibility index (Phi) is 11.5. The van der Waals surface area contributed by atoms with E-state index in [0.717, 1.165) is 14.2 Å². The van der Waals surface area contributed by atoms with E-state index in [9.17, 15) is 29.4 Å². The fraction of sp³-hybridized carbons (Fsp3) is 0.375. The molecule has 2 aromatic carbocycles. The van der Waals surface area contributed by atoms with Gasteiger partial charge in [0.15, 0.2) is 34.5 Å². The van der Waals surface area contributed by atoms with E-state index < -0.39 is 70.8 Å². The Bertz CT molecular complexity index is 1470. The summed E-state index contributed by atoms with van der Waals surface area (Å²) < 4.78 is 42.3. The quantitative estimate of drug-likeness (QED) is 0.225. The molecule has 0 aliphatic heterocycles. The first-order valence-electron chi connectivity index (χ1n) is 13.7. The minimum Gasteiger partial charge on any atom is -0.504 e. The third-order valence-electron chi connectivity index (χ3n) is 7.54. The lowest BCUT2D eigenvalue weighted by atomic mass is 9.75. The Morgan fingerprint density at radius 1 is 0.543 bits per heavy atom. The highest BCUT2D eigenvalue weighted by Gasteiger charge is 2.45. The van der Waals surface area contributed by atoms with Crippen LogP contribution in [0.1, 0.15) is 35.8 Å². The third kappa shape index (κ3) is 6.36. The molecule has 0 saturated heterocycles. The van der Waals surface area contributed by atoms with E-state index >= 15 is 0 Å². The summed E-state index contributed by atoms with van der Waals surface area (Å²) in [6.45, 7) is 0. The number of hydrogen-bond acceptors (Lipinski definition) is 14. The molecule has 0 heterocycles. The summed E-state index contributed by atoms with van der Waals surface area (Å²) in [6, 6.07) is 5.86. The van der Waals surface area contributed by atoms with Crippen molar-refractivity contribution in [2.45, 2.75) is 24.7 Å². The molecular weight excluding hydrogens is 608 g/mol. The number of carbonyl (C=O) groups excluding carboxylic acids is 4. The van der Waals surface area contributed by atoms with E-state index in [-0.39, 0.29) is 45.6 Å². The van der Waals surface area contributed by atoms with Gasteiger partial charge in [0.05, 0.1) is 80.9 Å². The SMILES string of the molecule is COC(=O)C[C@H](C1=C(O)C(=O)C([C@@H](CC(=O)OC)c2ccc(OC)c(OC)c2OC)=C(O)C1=O)c1ccc(OC)c(OC)c1OC. The molecule has 1 aliphatic rings. The summed E-state index contributed by atoms with van der Waals surface area (Å²) in [5.41, 5.74) is -0.953. The van der Waals surface area contributed by atoms with Gasteiger partial charge in [0.1, 0.15) is 0 Å². The maximum absolute atomic E-state index is 14.0. The van der Waals surface area contributed by atoms with Crippen molar-refractivity contribution in [3.05, 3.63) is 58.1 Å². The molecule has 2 atom stereocenters. The first-order valence-corrected chi connectivity index (χ1v) is 13.7. The second-order valence-corrected chi connectivity index (χ2v) is 9.70. The molecule has 2 aromatic rings. The Labute approximate surface area is 265 Å². The van der Waals surface area contributed by atoms with Crippen LogP contribution in [0.25, 0.3) is 0 Å². The van der Waals surface area contributed by atoms with Gasteiger partial charge in [-0.2, -0.15) is 0 Å². The topological polar surface area (TPSA) is 183 Å². The predicted octanol–water partition coefficient (Wildman–Crippen LogP) is 3.51. The van der Waals surface area contributed by atoms with Gasteiger partial charge in [-0.05, 0) is 12.1 Å². The van der Waals surface area contributed by atoms with Gasteiger partial charge in [0.25, 0.3) is 0 Å². The number of allylic oxidation sites excluding steroid dienone is 2. The van der Waals surface area contributed by atoms with Gasteiger partial charge in [-0.3, -0.25) is 19.2 Å². The lowest BCUT2D eigenvalue weighted by Crippen LogP contribution is -2.31. The fourth-order valence-corrected chi connectivity index (χ4v) is 5.39. The van der Waals surface area contributed by atoms with E-state index in [1.165, 1.54) is 66.9 Å². The van der Waals surface area contributed by atoms with E-state index in [0.29, 0.717) is 0 Å². The molecule has 0 unspecified atom stereocenters. The maximum Gasteiger partial charge on any atom is 0.306 e. The second kappa shape index (κ2) is 15.1. The Hall–Kier alpha value is -5.40. The number of rotatable bonds is 14. The molecule has 0 saturated carbocycles. The molecule has 0 aromatic heterocycles. The van der Waals surface area contributed by atoms with Crippen molar-refractivity contribution in [1.82, 2.24) is 0 Å². The second-order valence-electron chi connectivity index (χ2n) is 9.70. The van der Waals surface area contributed by atoms with Crippen LogP contribution in [-0.2, 0) is 28.7 Å². The molecule has 14 heteroatoms. The van der Waals surface area contributed by atoms with Crippen molar-refractivity contribution in [2.24, 2.45) is 0 Å². The first kappa shape index (κ1) is 35.1. The first-order chi connectivity index (χ1) is 22.0. The van der Waals surface area contributed by atoms with Gasteiger partial charge in [0.2, 0.25) is 23.1 Å². The largest absolute Gasteiger partial charge is 0.504 e. The average molecular weight is 645 g/mol. The van der Waals surface area contributed by atoms with Crippen molar-refractivity contribution in [2.75, 3.05) is 56.9 Å². The molecule has 248 valence electrons. The molecule has 0 bridgehead atoms. The molecule has 14 nitrogen and oxygen atoms in total. The summed E-state index contributed by atoms with van der Waals surface area (Å²) in [6.07, 6.45) is -1.11. The zero-order valence-corrected chi connectivity index (χ0v) is 26.7. The van der Waals surface area contributed by atoms with E-state index in [4.69, 9.17) is 37.9 Å². The summed E-state index contributed by atoms with van der Waals surface area (Å²) in [5.74, 6) is -8.12. The number of esters is 2. The number of hydrogen-bond donors (Lipinski definition) is 2.